The third-order valence-electron chi connectivity index (χ3n) is 5.83. The van der Waals surface area contributed by atoms with Gasteiger partial charge in [-0.1, -0.05) is 26.0 Å². The minimum Gasteiger partial charge on any atom is -0.352 e. The first-order valence-electron chi connectivity index (χ1n) is 10.7. The van der Waals surface area contributed by atoms with Crippen LogP contribution in [0.1, 0.15) is 35.7 Å². The molecule has 0 saturated carbocycles. The van der Waals surface area contributed by atoms with Crippen LogP contribution in [-0.2, 0) is 12.8 Å². The summed E-state index contributed by atoms with van der Waals surface area (Å²) in [7, 11) is 0. The predicted octanol–water partition coefficient (Wildman–Crippen LogP) is 4.79. The molecule has 0 aliphatic carbocycles. The molecule has 1 N–H and O–H groups in total. The van der Waals surface area contributed by atoms with E-state index >= 15 is 0 Å². The van der Waals surface area contributed by atoms with Crippen molar-refractivity contribution in [2.24, 2.45) is 0 Å². The highest BCUT2D eigenvalue weighted by molar-refractivity contribution is 7.18. The zero-order valence-electron chi connectivity index (χ0n) is 18.2. The van der Waals surface area contributed by atoms with Gasteiger partial charge < -0.3 is 15.1 Å². The summed E-state index contributed by atoms with van der Waals surface area (Å²) in [6.07, 6.45) is 1.77. The number of aryl methyl sites for hydroxylation is 4. The molecule has 7 heteroatoms. The summed E-state index contributed by atoms with van der Waals surface area (Å²) in [6.45, 7) is 11.4. The van der Waals surface area contributed by atoms with Gasteiger partial charge in [0.15, 0.2) is 0 Å². The molecule has 1 aliphatic rings. The number of hydrogen-bond donors (Lipinski definition) is 1. The maximum Gasteiger partial charge on any atom is 0.321 e. The van der Waals surface area contributed by atoms with E-state index in [1.54, 1.807) is 11.3 Å². The van der Waals surface area contributed by atoms with Crippen LogP contribution in [-0.4, -0.2) is 47.1 Å². The number of benzene rings is 1. The van der Waals surface area contributed by atoms with E-state index in [2.05, 4.69) is 44.0 Å². The van der Waals surface area contributed by atoms with Gasteiger partial charge in [0, 0.05) is 43.2 Å². The number of aromatic nitrogens is 2. The highest BCUT2D eigenvalue weighted by Gasteiger charge is 2.25. The molecule has 2 amide bonds. The molecule has 1 aliphatic heterocycles. The molecule has 1 aromatic carbocycles. The Balaban J connectivity index is 1.48. The van der Waals surface area contributed by atoms with Gasteiger partial charge in [-0.15, -0.1) is 11.3 Å². The minimum absolute atomic E-state index is 0.0347. The summed E-state index contributed by atoms with van der Waals surface area (Å²) < 4.78 is 0. The van der Waals surface area contributed by atoms with E-state index in [-0.39, 0.29) is 6.03 Å². The molecule has 6 nitrogen and oxygen atoms in total. The molecule has 158 valence electrons. The van der Waals surface area contributed by atoms with Crippen LogP contribution in [0.15, 0.2) is 24.3 Å². The normalized spacial score (nSPS) is 14.4. The molecule has 0 spiro atoms. The molecule has 0 radical (unpaired) electrons. The van der Waals surface area contributed by atoms with Crippen molar-refractivity contribution in [1.29, 1.82) is 0 Å². The third-order valence-corrected chi connectivity index (χ3v) is 6.93. The largest absolute Gasteiger partial charge is 0.352 e. The second-order valence-electron chi connectivity index (χ2n) is 7.74. The van der Waals surface area contributed by atoms with E-state index in [9.17, 15) is 4.79 Å². The van der Waals surface area contributed by atoms with E-state index in [0.717, 1.165) is 48.1 Å². The smallest absolute Gasteiger partial charge is 0.321 e. The van der Waals surface area contributed by atoms with E-state index in [1.807, 2.05) is 23.1 Å². The zero-order valence-corrected chi connectivity index (χ0v) is 19.0. The number of carbonyl (C=O) groups is 1. The summed E-state index contributed by atoms with van der Waals surface area (Å²) in [4.78, 5) is 28.9. The fraction of sp³-hybridized carbons (Fsp3) is 0.435. The van der Waals surface area contributed by atoms with Gasteiger partial charge in [-0.05, 0) is 43.5 Å². The fourth-order valence-corrected chi connectivity index (χ4v) is 4.89. The van der Waals surface area contributed by atoms with Crippen molar-refractivity contribution in [3.8, 4) is 0 Å². The van der Waals surface area contributed by atoms with Crippen LogP contribution in [0.4, 0.5) is 16.3 Å². The van der Waals surface area contributed by atoms with Gasteiger partial charge in [-0.2, -0.15) is 0 Å². The van der Waals surface area contributed by atoms with E-state index in [4.69, 9.17) is 9.97 Å². The second-order valence-corrected chi connectivity index (χ2v) is 8.94. The SMILES string of the molecule is CCc1cccc(NC(=O)N2CCN(c3nc(CC)nc4sc(C)c(C)c34)CC2)c1. The summed E-state index contributed by atoms with van der Waals surface area (Å²) in [5.41, 5.74) is 3.35. The Labute approximate surface area is 181 Å². The van der Waals surface area contributed by atoms with Crippen molar-refractivity contribution >= 4 is 39.1 Å². The van der Waals surface area contributed by atoms with Crippen molar-refractivity contribution < 1.29 is 4.79 Å². The van der Waals surface area contributed by atoms with Crippen LogP contribution in [0.2, 0.25) is 0 Å². The van der Waals surface area contributed by atoms with Gasteiger partial charge in [-0.25, -0.2) is 14.8 Å². The van der Waals surface area contributed by atoms with Crippen LogP contribution in [0, 0.1) is 13.8 Å². The Morgan fingerprint density at radius 2 is 1.87 bits per heavy atom. The van der Waals surface area contributed by atoms with E-state index < -0.39 is 0 Å². The van der Waals surface area contributed by atoms with Crippen LogP contribution >= 0.6 is 11.3 Å². The second kappa shape index (κ2) is 8.60. The molecule has 3 heterocycles. The lowest BCUT2D eigenvalue weighted by atomic mass is 10.1. The predicted molar refractivity (Wildman–Crippen MR) is 125 cm³/mol. The van der Waals surface area contributed by atoms with E-state index in [1.165, 1.54) is 21.4 Å². The Kier molecular flexibility index (Phi) is 5.90. The number of piperazine rings is 1. The monoisotopic (exact) mass is 423 g/mol. The number of amides is 2. The lowest BCUT2D eigenvalue weighted by Gasteiger charge is -2.35. The van der Waals surface area contributed by atoms with Crippen molar-refractivity contribution in [1.82, 2.24) is 14.9 Å². The maximum atomic E-state index is 12.8. The lowest BCUT2D eigenvalue weighted by Crippen LogP contribution is -2.50. The molecule has 1 saturated heterocycles. The van der Waals surface area contributed by atoms with Crippen molar-refractivity contribution in [3.63, 3.8) is 0 Å². The van der Waals surface area contributed by atoms with Crippen LogP contribution in [0.5, 0.6) is 0 Å². The lowest BCUT2D eigenvalue weighted by molar-refractivity contribution is 0.208. The van der Waals surface area contributed by atoms with Crippen LogP contribution in [0.25, 0.3) is 10.2 Å². The number of carbonyl (C=O) groups excluding carboxylic acids is 1. The number of nitrogens with one attached hydrogen (secondary N) is 1. The summed E-state index contributed by atoms with van der Waals surface area (Å²) in [5.74, 6) is 1.91. The number of hydrogen-bond acceptors (Lipinski definition) is 5. The van der Waals surface area contributed by atoms with Gasteiger partial charge >= 0.3 is 6.03 Å². The molecule has 3 aromatic rings. The number of rotatable bonds is 4. The quantitative estimate of drug-likeness (QED) is 0.656. The Bertz CT molecular complexity index is 1070. The number of fused-ring (bicyclic) bond motifs is 1. The molecule has 2 aromatic heterocycles. The maximum absolute atomic E-state index is 12.8. The zero-order chi connectivity index (χ0) is 21.3. The molecule has 0 unspecified atom stereocenters. The standard InChI is InChI=1S/C23H29N5OS/c1-5-17-8-7-9-18(14-17)24-23(29)28-12-10-27(11-13-28)21-20-15(3)16(4)30-22(20)26-19(6-2)25-21/h7-9,14H,5-6,10-13H2,1-4H3,(H,24,29). The molecule has 30 heavy (non-hydrogen) atoms. The van der Waals surface area contributed by atoms with Crippen molar-refractivity contribution in [2.75, 3.05) is 36.4 Å². The molecular weight excluding hydrogens is 394 g/mol. The third kappa shape index (κ3) is 3.99. The number of urea groups is 1. The van der Waals surface area contributed by atoms with Gasteiger partial charge in [0.1, 0.15) is 16.5 Å². The van der Waals surface area contributed by atoms with Gasteiger partial charge in [0.2, 0.25) is 0 Å². The van der Waals surface area contributed by atoms with Gasteiger partial charge in [0.25, 0.3) is 0 Å². The average molecular weight is 424 g/mol. The van der Waals surface area contributed by atoms with Crippen LogP contribution in [0.3, 0.4) is 0 Å². The highest BCUT2D eigenvalue weighted by atomic mass is 32.1. The Morgan fingerprint density at radius 1 is 1.10 bits per heavy atom. The summed E-state index contributed by atoms with van der Waals surface area (Å²) >= 11 is 1.74. The van der Waals surface area contributed by atoms with Crippen molar-refractivity contribution in [2.45, 2.75) is 40.5 Å². The fourth-order valence-electron chi connectivity index (χ4n) is 3.85. The van der Waals surface area contributed by atoms with E-state index in [0.29, 0.717) is 13.1 Å². The first-order valence-corrected chi connectivity index (χ1v) is 11.5. The van der Waals surface area contributed by atoms with Crippen LogP contribution < -0.4 is 10.2 Å². The van der Waals surface area contributed by atoms with Gasteiger partial charge in [0.05, 0.1) is 5.39 Å². The topological polar surface area (TPSA) is 61.4 Å². The minimum atomic E-state index is -0.0347. The Hall–Kier alpha value is -2.67. The first-order chi connectivity index (χ1) is 14.5. The molecular formula is C23H29N5OS. The molecule has 0 atom stereocenters. The first kappa shape index (κ1) is 20.6. The molecule has 4 rings (SSSR count). The highest BCUT2D eigenvalue weighted by Crippen LogP contribution is 2.35. The number of thiophene rings is 1. The summed E-state index contributed by atoms with van der Waals surface area (Å²) in [5, 5.41) is 4.22. The van der Waals surface area contributed by atoms with Crippen molar-refractivity contribution in [3.05, 3.63) is 46.1 Å². The van der Waals surface area contributed by atoms with Gasteiger partial charge in [-0.3, -0.25) is 0 Å². The number of anilines is 2. The molecule has 0 bridgehead atoms. The summed E-state index contributed by atoms with van der Waals surface area (Å²) in [6, 6.07) is 8.02. The number of nitrogens with zero attached hydrogens (tertiary/aromatic N) is 4. The molecule has 1 fully saturated rings. The Morgan fingerprint density at radius 3 is 2.57 bits per heavy atom. The average Bonchev–Trinajstić information content (AvgIpc) is 3.06.